The lowest BCUT2D eigenvalue weighted by molar-refractivity contribution is 0.296. The minimum absolute atomic E-state index is 0.0464. The third kappa shape index (κ3) is 3.41. The van der Waals surface area contributed by atoms with E-state index in [0.717, 1.165) is 19.3 Å². The van der Waals surface area contributed by atoms with Crippen LogP contribution in [0.4, 0.5) is 17.6 Å². The van der Waals surface area contributed by atoms with E-state index < -0.39 is 43.7 Å². The second kappa shape index (κ2) is 6.13. The van der Waals surface area contributed by atoms with Gasteiger partial charge in [-0.1, -0.05) is 19.3 Å². The molecule has 1 aromatic rings. The molecular formula is C13H16F4N2O2S. The monoisotopic (exact) mass is 340 g/mol. The fraction of sp³-hybridized carbons (Fsp3) is 0.538. The average Bonchev–Trinajstić information content (AvgIpc) is 2.44. The second-order valence-corrected chi connectivity index (χ2v) is 7.25. The van der Waals surface area contributed by atoms with Crippen LogP contribution < -0.4 is 10.5 Å². The van der Waals surface area contributed by atoms with Gasteiger partial charge in [0.25, 0.3) is 0 Å². The van der Waals surface area contributed by atoms with E-state index in [4.69, 9.17) is 5.73 Å². The second-order valence-electron chi connectivity index (χ2n) is 5.54. The summed E-state index contributed by atoms with van der Waals surface area (Å²) >= 11 is 0. The van der Waals surface area contributed by atoms with Crippen molar-refractivity contribution in [1.29, 1.82) is 0 Å². The van der Waals surface area contributed by atoms with Crippen LogP contribution in [-0.4, -0.2) is 20.5 Å². The van der Waals surface area contributed by atoms with Gasteiger partial charge in [-0.05, 0) is 12.8 Å². The molecule has 0 spiro atoms. The third-order valence-electron chi connectivity index (χ3n) is 3.80. The van der Waals surface area contributed by atoms with Crippen LogP contribution in [0, 0.1) is 23.3 Å². The molecular weight excluding hydrogens is 324 g/mol. The van der Waals surface area contributed by atoms with Crippen LogP contribution in [0.15, 0.2) is 11.0 Å². The normalized spacial score (nSPS) is 18.4. The number of halogens is 4. The van der Waals surface area contributed by atoms with Gasteiger partial charge in [-0.25, -0.2) is 30.7 Å². The van der Waals surface area contributed by atoms with E-state index in [0.29, 0.717) is 12.8 Å². The quantitative estimate of drug-likeness (QED) is 0.652. The van der Waals surface area contributed by atoms with Crippen LogP contribution in [0.2, 0.25) is 0 Å². The first-order valence-electron chi connectivity index (χ1n) is 6.78. The topological polar surface area (TPSA) is 72.2 Å². The van der Waals surface area contributed by atoms with Crippen molar-refractivity contribution >= 4 is 10.0 Å². The maximum atomic E-state index is 13.6. The van der Waals surface area contributed by atoms with Crippen LogP contribution in [0.3, 0.4) is 0 Å². The van der Waals surface area contributed by atoms with Crippen molar-refractivity contribution in [2.45, 2.75) is 42.5 Å². The molecule has 4 nitrogen and oxygen atoms in total. The van der Waals surface area contributed by atoms with Crippen molar-refractivity contribution in [3.05, 3.63) is 29.3 Å². The molecule has 0 heterocycles. The molecule has 2 rings (SSSR count). The zero-order chi connectivity index (χ0) is 16.5. The first-order chi connectivity index (χ1) is 10.2. The van der Waals surface area contributed by atoms with Crippen LogP contribution in [0.5, 0.6) is 0 Å². The molecule has 1 aliphatic rings. The molecule has 0 radical (unpaired) electrons. The predicted octanol–water partition coefficient (Wildman–Crippen LogP) is 2.18. The first-order valence-corrected chi connectivity index (χ1v) is 8.26. The molecule has 0 aliphatic heterocycles. The van der Waals surface area contributed by atoms with Crippen LogP contribution >= 0.6 is 0 Å². The van der Waals surface area contributed by atoms with Gasteiger partial charge in [0.15, 0.2) is 28.2 Å². The molecule has 1 saturated carbocycles. The third-order valence-corrected chi connectivity index (χ3v) is 5.22. The molecule has 0 atom stereocenters. The zero-order valence-electron chi connectivity index (χ0n) is 11.6. The highest BCUT2D eigenvalue weighted by Crippen LogP contribution is 2.27. The van der Waals surface area contributed by atoms with Gasteiger partial charge >= 0.3 is 0 Å². The van der Waals surface area contributed by atoms with Crippen molar-refractivity contribution in [2.24, 2.45) is 5.73 Å². The fourth-order valence-electron chi connectivity index (χ4n) is 2.53. The number of rotatable bonds is 4. The predicted molar refractivity (Wildman–Crippen MR) is 71.5 cm³/mol. The largest absolute Gasteiger partial charge is 0.324 e. The van der Waals surface area contributed by atoms with Gasteiger partial charge < -0.3 is 5.73 Å². The number of hydrogen-bond donors (Lipinski definition) is 2. The molecule has 0 saturated heterocycles. The van der Waals surface area contributed by atoms with E-state index in [-0.39, 0.29) is 12.6 Å². The Morgan fingerprint density at radius 2 is 1.55 bits per heavy atom. The maximum Gasteiger partial charge on any atom is 0.246 e. The molecule has 0 unspecified atom stereocenters. The fourth-order valence-corrected chi connectivity index (χ4v) is 3.82. The zero-order valence-corrected chi connectivity index (χ0v) is 12.5. The smallest absolute Gasteiger partial charge is 0.246 e. The highest BCUT2D eigenvalue weighted by atomic mass is 32.2. The summed E-state index contributed by atoms with van der Waals surface area (Å²) in [5, 5.41) is 0. The Kier molecular flexibility index (Phi) is 4.78. The molecule has 22 heavy (non-hydrogen) atoms. The van der Waals surface area contributed by atoms with Crippen molar-refractivity contribution in [3.8, 4) is 0 Å². The Labute approximate surface area is 125 Å². The Balaban J connectivity index is 2.28. The minimum atomic E-state index is -4.76. The summed E-state index contributed by atoms with van der Waals surface area (Å²) in [6.45, 7) is -0.258. The number of sulfonamides is 1. The Morgan fingerprint density at radius 1 is 1.05 bits per heavy atom. The van der Waals surface area contributed by atoms with E-state index in [1.54, 1.807) is 0 Å². The highest BCUT2D eigenvalue weighted by molar-refractivity contribution is 7.89. The Bertz CT molecular complexity index is 647. The lowest BCUT2D eigenvalue weighted by Gasteiger charge is -2.33. The van der Waals surface area contributed by atoms with E-state index in [2.05, 4.69) is 0 Å². The van der Waals surface area contributed by atoms with Gasteiger partial charge in [-0.3, -0.25) is 0 Å². The standard InChI is InChI=1S/C13H16F4N2O2S/c14-8-6-9(15)11(17)12(10(8)16)22(20,21)19-7-13(18)4-2-1-3-5-13/h6,19H,1-5,7,18H2. The lowest BCUT2D eigenvalue weighted by Crippen LogP contribution is -2.51. The summed E-state index contributed by atoms with van der Waals surface area (Å²) in [7, 11) is -4.76. The average molecular weight is 340 g/mol. The summed E-state index contributed by atoms with van der Waals surface area (Å²) in [4.78, 5) is -1.66. The van der Waals surface area contributed by atoms with Crippen molar-refractivity contribution in [1.82, 2.24) is 4.72 Å². The summed E-state index contributed by atoms with van der Waals surface area (Å²) in [6.07, 6.45) is 3.71. The molecule has 1 aliphatic carbocycles. The number of hydrogen-bond acceptors (Lipinski definition) is 3. The van der Waals surface area contributed by atoms with Crippen molar-refractivity contribution < 1.29 is 26.0 Å². The number of nitrogens with one attached hydrogen (secondary N) is 1. The molecule has 0 amide bonds. The van der Waals surface area contributed by atoms with Gasteiger partial charge in [-0.15, -0.1) is 0 Å². The maximum absolute atomic E-state index is 13.6. The van der Waals surface area contributed by atoms with Gasteiger partial charge in [0.1, 0.15) is 0 Å². The van der Waals surface area contributed by atoms with Crippen molar-refractivity contribution in [2.75, 3.05) is 6.54 Å². The Morgan fingerprint density at radius 3 is 2.05 bits per heavy atom. The number of benzene rings is 1. The molecule has 1 fully saturated rings. The van der Waals surface area contributed by atoms with Gasteiger partial charge in [0.2, 0.25) is 10.0 Å². The number of nitrogens with two attached hydrogens (primary N) is 1. The SMILES string of the molecule is NC1(CNS(=O)(=O)c2c(F)c(F)cc(F)c2F)CCCCC1. The van der Waals surface area contributed by atoms with Gasteiger partial charge in [0.05, 0.1) is 0 Å². The minimum Gasteiger partial charge on any atom is -0.324 e. The summed E-state index contributed by atoms with van der Waals surface area (Å²) < 4.78 is 79.3. The van der Waals surface area contributed by atoms with E-state index in [1.807, 2.05) is 4.72 Å². The molecule has 9 heteroatoms. The molecule has 0 bridgehead atoms. The van der Waals surface area contributed by atoms with Crippen LogP contribution in [0.25, 0.3) is 0 Å². The highest BCUT2D eigenvalue weighted by Gasteiger charge is 2.33. The molecule has 124 valence electrons. The van der Waals surface area contributed by atoms with E-state index >= 15 is 0 Å². The summed E-state index contributed by atoms with van der Waals surface area (Å²) in [5.74, 6) is -7.47. The van der Waals surface area contributed by atoms with Crippen LogP contribution in [0.1, 0.15) is 32.1 Å². The molecule has 0 aromatic heterocycles. The van der Waals surface area contributed by atoms with Crippen LogP contribution in [-0.2, 0) is 10.0 Å². The summed E-state index contributed by atoms with van der Waals surface area (Å²) in [5.41, 5.74) is 5.19. The van der Waals surface area contributed by atoms with Gasteiger partial charge in [-0.2, -0.15) is 0 Å². The summed E-state index contributed by atoms with van der Waals surface area (Å²) in [6, 6.07) is -0.0464. The molecule has 1 aromatic carbocycles. The Hall–Kier alpha value is -1.19. The van der Waals surface area contributed by atoms with Gasteiger partial charge in [0, 0.05) is 18.2 Å². The van der Waals surface area contributed by atoms with Crippen molar-refractivity contribution in [3.63, 3.8) is 0 Å². The van der Waals surface area contributed by atoms with E-state index in [1.165, 1.54) is 0 Å². The lowest BCUT2D eigenvalue weighted by atomic mass is 9.83. The first kappa shape index (κ1) is 17.2. The van der Waals surface area contributed by atoms with E-state index in [9.17, 15) is 26.0 Å². The molecule has 3 N–H and O–H groups in total.